The van der Waals surface area contributed by atoms with Crippen molar-refractivity contribution in [2.24, 2.45) is 11.8 Å². The number of carbonyl (C=O) groups excluding carboxylic acids is 2. The van der Waals surface area contributed by atoms with E-state index in [1.165, 1.54) is 0 Å². The lowest BCUT2D eigenvalue weighted by Crippen LogP contribution is -2.28. The van der Waals surface area contributed by atoms with Crippen LogP contribution in [0, 0.1) is 11.8 Å². The molecular formula is C9H9NO3. The fourth-order valence-electron chi connectivity index (χ4n) is 2.82. The maximum absolute atomic E-state index is 11.4. The number of rotatable bonds is 0. The van der Waals surface area contributed by atoms with E-state index in [1.807, 2.05) is 0 Å². The van der Waals surface area contributed by atoms with Gasteiger partial charge in [-0.15, -0.1) is 0 Å². The van der Waals surface area contributed by atoms with Crippen molar-refractivity contribution in [3.05, 3.63) is 11.1 Å². The Morgan fingerprint density at radius 1 is 1.38 bits per heavy atom. The Kier molecular flexibility index (Phi) is 1.12. The summed E-state index contributed by atoms with van der Waals surface area (Å²) < 4.78 is 0. The van der Waals surface area contributed by atoms with Crippen molar-refractivity contribution >= 4 is 11.8 Å². The molecule has 0 spiro atoms. The minimum Gasteiger partial charge on any atom is -0.278 e. The molecule has 2 bridgehead atoms. The summed E-state index contributed by atoms with van der Waals surface area (Å²) in [5, 5.41) is 9.42. The molecule has 0 aromatic carbocycles. The molecule has 1 heterocycles. The smallest absolute Gasteiger partial charge is 0.278 e. The van der Waals surface area contributed by atoms with E-state index in [4.69, 9.17) is 5.21 Å². The zero-order valence-corrected chi connectivity index (χ0v) is 6.99. The van der Waals surface area contributed by atoms with E-state index in [0.29, 0.717) is 11.5 Å². The number of hydrogen-bond donors (Lipinski definition) is 1. The Labute approximate surface area is 74.8 Å². The minimum atomic E-state index is -0.479. The Morgan fingerprint density at radius 2 is 2.15 bits per heavy atom. The lowest BCUT2D eigenvalue weighted by atomic mass is 9.88. The highest BCUT2D eigenvalue weighted by molar-refractivity contribution is 6.15. The molecule has 1 saturated carbocycles. The van der Waals surface area contributed by atoms with E-state index >= 15 is 0 Å². The van der Waals surface area contributed by atoms with Gasteiger partial charge in [0.25, 0.3) is 11.8 Å². The van der Waals surface area contributed by atoms with Crippen molar-refractivity contribution in [1.82, 2.24) is 5.06 Å². The Morgan fingerprint density at radius 3 is 2.85 bits per heavy atom. The van der Waals surface area contributed by atoms with E-state index in [9.17, 15) is 9.59 Å². The lowest BCUT2D eigenvalue weighted by Gasteiger charge is -2.12. The van der Waals surface area contributed by atoms with Gasteiger partial charge in [-0.2, -0.15) is 5.06 Å². The molecule has 2 aliphatic carbocycles. The summed E-state index contributed by atoms with van der Waals surface area (Å²) in [6.07, 6.45) is 2.82. The van der Waals surface area contributed by atoms with Crippen LogP contribution in [0.3, 0.4) is 0 Å². The van der Waals surface area contributed by atoms with Gasteiger partial charge in [-0.3, -0.25) is 14.8 Å². The number of amides is 2. The molecule has 3 rings (SSSR count). The average molecular weight is 179 g/mol. The second-order valence-corrected chi connectivity index (χ2v) is 3.95. The number of nitrogens with zero attached hydrogens (tertiary/aromatic N) is 1. The van der Waals surface area contributed by atoms with Crippen LogP contribution in [0.5, 0.6) is 0 Å². The zero-order valence-electron chi connectivity index (χ0n) is 6.99. The number of hydroxylamine groups is 2. The summed E-state index contributed by atoms with van der Waals surface area (Å²) in [6, 6.07) is 0. The van der Waals surface area contributed by atoms with Gasteiger partial charge in [0.15, 0.2) is 0 Å². The standard InChI is InChI=1S/C9H9NO3/c11-8-6-4-1-2-5(3-4)7(6)9(12)10(8)13/h4,6,13H,1-3H2. The molecule has 2 fully saturated rings. The first-order chi connectivity index (χ1) is 6.20. The van der Waals surface area contributed by atoms with Gasteiger partial charge in [-0.1, -0.05) is 5.57 Å². The highest BCUT2D eigenvalue weighted by Crippen LogP contribution is 2.51. The van der Waals surface area contributed by atoms with E-state index in [-0.39, 0.29) is 11.0 Å². The molecule has 0 radical (unpaired) electrons. The molecule has 0 aromatic heterocycles. The maximum atomic E-state index is 11.4. The summed E-state index contributed by atoms with van der Waals surface area (Å²) in [6.45, 7) is 0. The van der Waals surface area contributed by atoms with Crippen molar-refractivity contribution in [1.29, 1.82) is 0 Å². The first-order valence-electron chi connectivity index (χ1n) is 4.49. The normalized spacial score (nSPS) is 36.5. The van der Waals surface area contributed by atoms with Crippen LogP contribution < -0.4 is 0 Å². The maximum Gasteiger partial charge on any atom is 0.281 e. The lowest BCUT2D eigenvalue weighted by molar-refractivity contribution is -0.172. The van der Waals surface area contributed by atoms with Gasteiger partial charge < -0.3 is 0 Å². The van der Waals surface area contributed by atoms with Crippen LogP contribution in [0.15, 0.2) is 11.1 Å². The second-order valence-electron chi connectivity index (χ2n) is 3.95. The van der Waals surface area contributed by atoms with Crippen LogP contribution in [-0.4, -0.2) is 22.1 Å². The van der Waals surface area contributed by atoms with E-state index < -0.39 is 11.8 Å². The Balaban J connectivity index is 2.17. The topological polar surface area (TPSA) is 57.6 Å². The van der Waals surface area contributed by atoms with Gasteiger partial charge in [-0.25, -0.2) is 0 Å². The van der Waals surface area contributed by atoms with E-state index in [1.54, 1.807) is 0 Å². The highest BCUT2D eigenvalue weighted by atomic mass is 16.5. The fourth-order valence-corrected chi connectivity index (χ4v) is 2.82. The van der Waals surface area contributed by atoms with Gasteiger partial charge >= 0.3 is 0 Å². The number of fused-ring (bicyclic) bond motifs is 4. The quantitative estimate of drug-likeness (QED) is 0.434. The van der Waals surface area contributed by atoms with Crippen LogP contribution in [0.2, 0.25) is 0 Å². The Bertz CT molecular complexity index is 358. The predicted octanol–water partition coefficient (Wildman–Crippen LogP) is 0.471. The molecule has 68 valence electrons. The summed E-state index contributed by atoms with van der Waals surface area (Å²) in [4.78, 5) is 22.8. The molecule has 2 amide bonds. The van der Waals surface area contributed by atoms with Crippen molar-refractivity contribution in [2.75, 3.05) is 0 Å². The van der Waals surface area contributed by atoms with Gasteiger partial charge in [0.1, 0.15) is 0 Å². The van der Waals surface area contributed by atoms with Gasteiger partial charge in [0.2, 0.25) is 0 Å². The van der Waals surface area contributed by atoms with Crippen LogP contribution in [0.1, 0.15) is 19.3 Å². The zero-order chi connectivity index (χ0) is 9.16. The molecule has 1 N–H and O–H groups in total. The van der Waals surface area contributed by atoms with Crippen molar-refractivity contribution < 1.29 is 14.8 Å². The highest BCUT2D eigenvalue weighted by Gasteiger charge is 2.54. The molecule has 1 aliphatic heterocycles. The van der Waals surface area contributed by atoms with Gasteiger partial charge in [-0.05, 0) is 25.2 Å². The molecular weight excluding hydrogens is 170 g/mol. The third-order valence-corrected chi connectivity index (χ3v) is 3.39. The summed E-state index contributed by atoms with van der Waals surface area (Å²) in [5.41, 5.74) is 1.70. The number of carbonyl (C=O) groups is 2. The van der Waals surface area contributed by atoms with Crippen LogP contribution in [-0.2, 0) is 9.59 Å². The Hall–Kier alpha value is -1.16. The first-order valence-corrected chi connectivity index (χ1v) is 4.49. The molecule has 0 aromatic rings. The van der Waals surface area contributed by atoms with Crippen LogP contribution >= 0.6 is 0 Å². The molecule has 3 aliphatic rings. The molecule has 13 heavy (non-hydrogen) atoms. The van der Waals surface area contributed by atoms with E-state index in [0.717, 1.165) is 24.8 Å². The summed E-state index contributed by atoms with van der Waals surface area (Å²) >= 11 is 0. The van der Waals surface area contributed by atoms with Crippen LogP contribution in [0.25, 0.3) is 0 Å². The third-order valence-electron chi connectivity index (χ3n) is 3.39. The first kappa shape index (κ1) is 7.26. The monoisotopic (exact) mass is 179 g/mol. The fraction of sp³-hybridized carbons (Fsp3) is 0.556. The van der Waals surface area contributed by atoms with Crippen molar-refractivity contribution in [3.8, 4) is 0 Å². The summed E-state index contributed by atoms with van der Waals surface area (Å²) in [7, 11) is 0. The number of allylic oxidation sites excluding steroid dienone is 1. The van der Waals surface area contributed by atoms with Crippen molar-refractivity contribution in [2.45, 2.75) is 19.3 Å². The van der Waals surface area contributed by atoms with Crippen LogP contribution in [0.4, 0.5) is 0 Å². The third kappa shape index (κ3) is 0.659. The average Bonchev–Trinajstić information content (AvgIpc) is 2.76. The van der Waals surface area contributed by atoms with Gasteiger partial charge in [0.05, 0.1) is 5.92 Å². The van der Waals surface area contributed by atoms with Crippen molar-refractivity contribution in [3.63, 3.8) is 0 Å². The second kappa shape index (κ2) is 2.01. The van der Waals surface area contributed by atoms with E-state index in [2.05, 4.69) is 0 Å². The molecule has 4 nitrogen and oxygen atoms in total. The largest absolute Gasteiger partial charge is 0.281 e. The SMILES string of the molecule is O=C1C2=C3CCC(C3)C2C(=O)N1O. The predicted molar refractivity (Wildman–Crippen MR) is 41.5 cm³/mol. The number of imide groups is 1. The molecule has 4 heteroatoms. The van der Waals surface area contributed by atoms with Gasteiger partial charge in [0, 0.05) is 5.57 Å². The minimum absolute atomic E-state index is 0.289. The molecule has 2 atom stereocenters. The number of hydrogen-bond acceptors (Lipinski definition) is 3. The molecule has 1 saturated heterocycles. The molecule has 2 unspecified atom stereocenters. The summed E-state index contributed by atoms with van der Waals surface area (Å²) in [5.74, 6) is -0.910.